The molecule has 1 saturated carbocycles. The van der Waals surface area contributed by atoms with Crippen molar-refractivity contribution in [3.8, 4) is 0 Å². The molecule has 21 heavy (non-hydrogen) atoms. The predicted molar refractivity (Wildman–Crippen MR) is 81.2 cm³/mol. The summed E-state index contributed by atoms with van der Waals surface area (Å²) >= 11 is 0. The van der Waals surface area contributed by atoms with Gasteiger partial charge in [-0.15, -0.1) is 0 Å². The van der Waals surface area contributed by atoms with Crippen LogP contribution >= 0.6 is 0 Å². The van der Waals surface area contributed by atoms with Crippen molar-refractivity contribution in [3.05, 3.63) is 30.5 Å². The summed E-state index contributed by atoms with van der Waals surface area (Å²) in [6, 6.07) is 0.329. The third-order valence-electron chi connectivity index (χ3n) is 4.46. The lowest BCUT2D eigenvalue weighted by atomic mass is 9.95. The van der Waals surface area contributed by atoms with Crippen LogP contribution in [0.1, 0.15) is 55.4 Å². The summed E-state index contributed by atoms with van der Waals surface area (Å²) < 4.78 is 1.84. The molecule has 3 rings (SSSR count). The van der Waals surface area contributed by atoms with Crippen molar-refractivity contribution < 1.29 is 4.79 Å². The molecule has 0 aliphatic heterocycles. The smallest absolute Gasteiger partial charge is 0.276 e. The summed E-state index contributed by atoms with van der Waals surface area (Å²) in [6.45, 7) is 0. The van der Waals surface area contributed by atoms with Gasteiger partial charge in [0.2, 0.25) is 0 Å². The quantitative estimate of drug-likeness (QED) is 0.853. The van der Waals surface area contributed by atoms with Crippen LogP contribution in [-0.4, -0.2) is 38.3 Å². The Balaban J connectivity index is 1.81. The van der Waals surface area contributed by atoms with E-state index in [-0.39, 0.29) is 5.91 Å². The average Bonchev–Trinajstić information content (AvgIpc) is 2.94. The van der Waals surface area contributed by atoms with Crippen LogP contribution in [0.5, 0.6) is 0 Å². The fourth-order valence-electron chi connectivity index (χ4n) is 3.16. The van der Waals surface area contributed by atoms with E-state index in [0.717, 1.165) is 12.8 Å². The normalized spacial score (nSPS) is 17.4. The summed E-state index contributed by atoms with van der Waals surface area (Å²) in [4.78, 5) is 23.2. The van der Waals surface area contributed by atoms with Crippen molar-refractivity contribution in [2.75, 3.05) is 7.05 Å². The van der Waals surface area contributed by atoms with Crippen LogP contribution in [0.4, 0.5) is 0 Å². The van der Waals surface area contributed by atoms with Gasteiger partial charge in [0.15, 0.2) is 11.3 Å². The van der Waals surface area contributed by atoms with Crippen LogP contribution in [0.25, 0.3) is 5.65 Å². The van der Waals surface area contributed by atoms with Gasteiger partial charge in [-0.2, -0.15) is 0 Å². The average molecular weight is 286 g/mol. The van der Waals surface area contributed by atoms with Gasteiger partial charge in [0, 0.05) is 37.9 Å². The topological polar surface area (TPSA) is 50.5 Å². The van der Waals surface area contributed by atoms with Gasteiger partial charge in [-0.05, 0) is 12.8 Å². The van der Waals surface area contributed by atoms with E-state index in [9.17, 15) is 4.79 Å². The largest absolute Gasteiger partial charge is 0.337 e. The second-order valence-corrected chi connectivity index (χ2v) is 5.85. The van der Waals surface area contributed by atoms with E-state index in [0.29, 0.717) is 17.4 Å². The molecule has 5 heteroatoms. The van der Waals surface area contributed by atoms with Gasteiger partial charge < -0.3 is 9.30 Å². The number of aromatic nitrogens is 3. The standard InChI is InChI=1S/C16H22N4O/c1-19(13-7-5-3-2-4-6-8-13)16(21)14-15-18-10-12-20(15)11-9-17-14/h9-13H,2-8H2,1H3. The molecule has 112 valence electrons. The zero-order valence-corrected chi connectivity index (χ0v) is 12.5. The number of carbonyl (C=O) groups excluding carboxylic acids is 1. The monoisotopic (exact) mass is 286 g/mol. The molecule has 0 bridgehead atoms. The van der Waals surface area contributed by atoms with Gasteiger partial charge in [0.1, 0.15) is 0 Å². The van der Waals surface area contributed by atoms with Crippen molar-refractivity contribution >= 4 is 11.6 Å². The van der Waals surface area contributed by atoms with E-state index in [4.69, 9.17) is 0 Å². The van der Waals surface area contributed by atoms with Gasteiger partial charge in [0.25, 0.3) is 5.91 Å². The number of rotatable bonds is 2. The number of imidazole rings is 1. The highest BCUT2D eigenvalue weighted by Gasteiger charge is 2.24. The molecule has 2 aromatic heterocycles. The van der Waals surface area contributed by atoms with Crippen LogP contribution < -0.4 is 0 Å². The Morgan fingerprint density at radius 1 is 1.10 bits per heavy atom. The maximum Gasteiger partial charge on any atom is 0.276 e. The number of amides is 1. The highest BCUT2D eigenvalue weighted by atomic mass is 16.2. The minimum atomic E-state index is -0.0163. The molecule has 0 radical (unpaired) electrons. The van der Waals surface area contributed by atoms with E-state index in [1.807, 2.05) is 28.7 Å². The minimum absolute atomic E-state index is 0.0163. The molecule has 1 fully saturated rings. The first-order valence-electron chi connectivity index (χ1n) is 7.82. The van der Waals surface area contributed by atoms with Gasteiger partial charge >= 0.3 is 0 Å². The first kappa shape index (κ1) is 14.0. The van der Waals surface area contributed by atoms with Crippen molar-refractivity contribution in [1.29, 1.82) is 0 Å². The summed E-state index contributed by atoms with van der Waals surface area (Å²) in [5.74, 6) is -0.0163. The first-order valence-corrected chi connectivity index (χ1v) is 7.82. The van der Waals surface area contributed by atoms with Crippen molar-refractivity contribution in [1.82, 2.24) is 19.3 Å². The van der Waals surface area contributed by atoms with Crippen molar-refractivity contribution in [2.24, 2.45) is 0 Å². The Morgan fingerprint density at radius 2 is 1.71 bits per heavy atom. The lowest BCUT2D eigenvalue weighted by molar-refractivity contribution is 0.0702. The third-order valence-corrected chi connectivity index (χ3v) is 4.46. The first-order chi connectivity index (χ1) is 10.3. The molecule has 0 aromatic carbocycles. The zero-order chi connectivity index (χ0) is 14.7. The molecule has 1 aliphatic rings. The highest BCUT2D eigenvalue weighted by molar-refractivity contribution is 5.97. The van der Waals surface area contributed by atoms with Crippen molar-refractivity contribution in [3.63, 3.8) is 0 Å². The Kier molecular flexibility index (Phi) is 4.18. The van der Waals surface area contributed by atoms with E-state index >= 15 is 0 Å². The van der Waals surface area contributed by atoms with Gasteiger partial charge in [-0.1, -0.05) is 32.1 Å². The van der Waals surface area contributed by atoms with E-state index in [1.54, 1.807) is 12.4 Å². The molecule has 0 unspecified atom stereocenters. The summed E-state index contributed by atoms with van der Waals surface area (Å²) in [6.07, 6.45) is 15.5. The Bertz CT molecular complexity index is 614. The van der Waals surface area contributed by atoms with E-state index in [2.05, 4.69) is 9.97 Å². The highest BCUT2D eigenvalue weighted by Crippen LogP contribution is 2.22. The second-order valence-electron chi connectivity index (χ2n) is 5.85. The van der Waals surface area contributed by atoms with Gasteiger partial charge in [0.05, 0.1) is 0 Å². The minimum Gasteiger partial charge on any atom is -0.337 e. The summed E-state index contributed by atoms with van der Waals surface area (Å²) in [5, 5.41) is 0. The SMILES string of the molecule is CN(C(=O)c1nccn2ccnc12)C1CCCCCCC1. The number of hydrogen-bond acceptors (Lipinski definition) is 3. The maximum absolute atomic E-state index is 12.8. The van der Waals surface area contributed by atoms with Crippen LogP contribution in [0.2, 0.25) is 0 Å². The number of fused-ring (bicyclic) bond motifs is 1. The van der Waals surface area contributed by atoms with Gasteiger partial charge in [-0.3, -0.25) is 4.79 Å². The fourth-order valence-corrected chi connectivity index (χ4v) is 3.16. The van der Waals surface area contributed by atoms with Crippen LogP contribution in [0.3, 0.4) is 0 Å². The molecule has 0 spiro atoms. The zero-order valence-electron chi connectivity index (χ0n) is 12.5. The third kappa shape index (κ3) is 2.91. The molecule has 2 heterocycles. The number of hydrogen-bond donors (Lipinski definition) is 0. The van der Waals surface area contributed by atoms with Crippen LogP contribution in [-0.2, 0) is 0 Å². The molecular formula is C16H22N4O. The van der Waals surface area contributed by atoms with E-state index in [1.165, 1.54) is 32.1 Å². The van der Waals surface area contributed by atoms with Gasteiger partial charge in [-0.25, -0.2) is 9.97 Å². The summed E-state index contributed by atoms with van der Waals surface area (Å²) in [7, 11) is 1.91. The lowest BCUT2D eigenvalue weighted by Crippen LogP contribution is -2.38. The fraction of sp³-hybridized carbons (Fsp3) is 0.562. The second kappa shape index (κ2) is 6.24. The van der Waals surface area contributed by atoms with E-state index < -0.39 is 0 Å². The van der Waals surface area contributed by atoms with Crippen molar-refractivity contribution in [2.45, 2.75) is 51.0 Å². The Hall–Kier alpha value is -1.91. The summed E-state index contributed by atoms with van der Waals surface area (Å²) in [5.41, 5.74) is 1.09. The molecule has 0 saturated heterocycles. The maximum atomic E-state index is 12.8. The molecule has 1 aliphatic carbocycles. The molecule has 0 N–H and O–H groups in total. The Morgan fingerprint density at radius 3 is 2.43 bits per heavy atom. The number of carbonyl (C=O) groups is 1. The molecule has 5 nitrogen and oxygen atoms in total. The molecule has 0 atom stereocenters. The molecular weight excluding hydrogens is 264 g/mol. The van der Waals surface area contributed by atoms with Crippen LogP contribution in [0.15, 0.2) is 24.8 Å². The van der Waals surface area contributed by atoms with Crippen LogP contribution in [0, 0.1) is 0 Å². The Labute approximate surface area is 125 Å². The number of nitrogens with zero attached hydrogens (tertiary/aromatic N) is 4. The molecule has 2 aromatic rings. The molecule has 1 amide bonds. The lowest BCUT2D eigenvalue weighted by Gasteiger charge is -2.29. The predicted octanol–water partition coefficient (Wildman–Crippen LogP) is 2.91.